The number of nitrogens with zero attached hydrogens (tertiary/aromatic N) is 5. The number of hydrogen-bond donors (Lipinski definition) is 1. The summed E-state index contributed by atoms with van der Waals surface area (Å²) in [7, 11) is 3.53. The maximum atomic E-state index is 14.1. The minimum atomic E-state index is -2.99. The highest BCUT2D eigenvalue weighted by atomic mass is 19.3. The second-order valence-corrected chi connectivity index (χ2v) is 10.2. The molecule has 0 saturated carbocycles. The predicted octanol–water partition coefficient (Wildman–Crippen LogP) is 6.17. The Kier molecular flexibility index (Phi) is 9.24. The van der Waals surface area contributed by atoms with Crippen molar-refractivity contribution in [3.8, 4) is 11.1 Å². The fourth-order valence-electron chi connectivity index (χ4n) is 5.06. The van der Waals surface area contributed by atoms with Gasteiger partial charge in [0.05, 0.1) is 24.4 Å². The van der Waals surface area contributed by atoms with Crippen LogP contribution in [0.15, 0.2) is 54.7 Å². The number of pyridine rings is 1. The Hall–Kier alpha value is -5.05. The number of hydrogen-bond acceptors (Lipinski definition) is 5. The molecule has 0 spiro atoms. The smallest absolute Gasteiger partial charge is 0.273 e. The topological polar surface area (TPSA) is 98.5 Å². The van der Waals surface area contributed by atoms with Gasteiger partial charge in [-0.25, -0.2) is 22.4 Å². The molecular formula is C31H28F4N6O2. The van der Waals surface area contributed by atoms with Crippen LogP contribution in [0.3, 0.4) is 0 Å². The summed E-state index contributed by atoms with van der Waals surface area (Å²) in [4.78, 5) is 35.1. The van der Waals surface area contributed by atoms with Crippen molar-refractivity contribution in [3.63, 3.8) is 0 Å². The molecule has 0 radical (unpaired) electrons. The van der Waals surface area contributed by atoms with Crippen LogP contribution in [-0.2, 0) is 17.8 Å². The zero-order valence-corrected chi connectivity index (χ0v) is 23.6. The van der Waals surface area contributed by atoms with E-state index in [1.807, 2.05) is 0 Å². The molecule has 0 aliphatic rings. The van der Waals surface area contributed by atoms with E-state index in [-0.39, 0.29) is 35.3 Å². The van der Waals surface area contributed by atoms with Crippen molar-refractivity contribution in [1.29, 1.82) is 0 Å². The summed E-state index contributed by atoms with van der Waals surface area (Å²) in [6, 6.07) is 11.6. The molecule has 0 bridgehead atoms. The third kappa shape index (κ3) is 6.89. The number of nitrogens with two attached hydrogens (primary N) is 1. The molecule has 1 amide bonds. The van der Waals surface area contributed by atoms with Crippen molar-refractivity contribution in [3.05, 3.63) is 106 Å². The molecule has 0 unspecified atom stereocenters. The molecule has 4 aromatic rings. The molecule has 0 fully saturated rings. The van der Waals surface area contributed by atoms with E-state index >= 15 is 0 Å². The van der Waals surface area contributed by atoms with Gasteiger partial charge in [0.25, 0.3) is 12.3 Å². The van der Waals surface area contributed by atoms with Crippen LogP contribution in [0, 0.1) is 25.1 Å². The fourth-order valence-corrected chi connectivity index (χ4v) is 5.06. The summed E-state index contributed by atoms with van der Waals surface area (Å²) < 4.78 is 56.2. The summed E-state index contributed by atoms with van der Waals surface area (Å²) in [6.07, 6.45) is -1.66. The van der Waals surface area contributed by atoms with Gasteiger partial charge in [-0.1, -0.05) is 12.1 Å². The van der Waals surface area contributed by atoms with Crippen LogP contribution >= 0.6 is 0 Å². The molecule has 0 saturated heterocycles. The van der Waals surface area contributed by atoms with Crippen LogP contribution in [-0.4, -0.2) is 40.6 Å². The van der Waals surface area contributed by atoms with E-state index in [1.54, 1.807) is 49.3 Å². The Bertz CT molecular complexity index is 1710. The molecule has 0 aliphatic carbocycles. The normalized spacial score (nSPS) is 11.8. The first-order valence-electron chi connectivity index (χ1n) is 13.2. The van der Waals surface area contributed by atoms with Crippen LogP contribution in [0.25, 0.3) is 16.0 Å². The number of alkyl halides is 2. The van der Waals surface area contributed by atoms with Gasteiger partial charge in [0.2, 0.25) is 5.69 Å². The zero-order valence-electron chi connectivity index (χ0n) is 23.6. The molecule has 0 aliphatic heterocycles. The second-order valence-electron chi connectivity index (χ2n) is 10.2. The van der Waals surface area contributed by atoms with Gasteiger partial charge >= 0.3 is 0 Å². The summed E-state index contributed by atoms with van der Waals surface area (Å²) in [6.45, 7) is 8.26. The van der Waals surface area contributed by atoms with Gasteiger partial charge in [-0.05, 0) is 54.8 Å². The number of primary amides is 1. The lowest BCUT2D eigenvalue weighted by atomic mass is 9.86. The van der Waals surface area contributed by atoms with Gasteiger partial charge in [-0.3, -0.25) is 19.3 Å². The number of Topliss-reactive ketones (excluding diaryl/α,β-unsaturated/α-hetero) is 1. The van der Waals surface area contributed by atoms with E-state index < -0.39 is 47.9 Å². The van der Waals surface area contributed by atoms with Crippen molar-refractivity contribution in [2.75, 3.05) is 19.0 Å². The van der Waals surface area contributed by atoms with Crippen molar-refractivity contribution < 1.29 is 27.2 Å². The van der Waals surface area contributed by atoms with E-state index in [1.165, 1.54) is 13.1 Å². The van der Waals surface area contributed by atoms with Crippen LogP contribution in [0.1, 0.15) is 51.8 Å². The first-order chi connectivity index (χ1) is 20.4. The lowest BCUT2D eigenvalue weighted by molar-refractivity contribution is -0.120. The molecule has 2 aromatic heterocycles. The van der Waals surface area contributed by atoms with Gasteiger partial charge in [0.1, 0.15) is 17.3 Å². The summed E-state index contributed by atoms with van der Waals surface area (Å²) in [5.41, 5.74) is 7.46. The number of aromatic nitrogens is 3. The highest BCUT2D eigenvalue weighted by molar-refractivity contribution is 6.00. The highest BCUT2D eigenvalue weighted by Gasteiger charge is 2.26. The van der Waals surface area contributed by atoms with E-state index in [9.17, 15) is 27.2 Å². The third-order valence-corrected chi connectivity index (χ3v) is 7.00. The Morgan fingerprint density at radius 2 is 1.77 bits per heavy atom. The highest BCUT2D eigenvalue weighted by Crippen LogP contribution is 2.35. The van der Waals surface area contributed by atoms with Crippen LogP contribution in [0.5, 0.6) is 0 Å². The van der Waals surface area contributed by atoms with E-state index in [2.05, 4.69) is 14.9 Å². The summed E-state index contributed by atoms with van der Waals surface area (Å²) >= 11 is 0. The Morgan fingerprint density at radius 3 is 2.35 bits per heavy atom. The maximum Gasteiger partial charge on any atom is 0.273 e. The molecule has 43 heavy (non-hydrogen) atoms. The number of carbonyl (C=O) groups is 2. The standard InChI is InChI=1S/C31H28F4N6O2/c1-17-27(37-2)29(30(34)35)39-41(17)16-23(42)13-20(10-18-11-21(32)15-22(33)12-18)28-24(6-5-9-38-28)19-7-8-26(40(3)4)25(14-19)31(36)43/h5-9,11-12,14-15,20,30H,10,13,16H2,1,3-4H3,(H2,36,43)/t20-/m1/s1. The maximum absolute atomic E-state index is 14.1. The lowest BCUT2D eigenvalue weighted by Crippen LogP contribution is -2.19. The molecule has 2 N–H and O–H groups in total. The Balaban J connectivity index is 1.77. The number of halogens is 4. The van der Waals surface area contributed by atoms with Crippen molar-refractivity contribution in [1.82, 2.24) is 14.8 Å². The number of ketones is 1. The van der Waals surface area contributed by atoms with Gasteiger partial charge in [0, 0.05) is 55.6 Å². The molecule has 2 heterocycles. The number of carbonyl (C=O) groups excluding carboxylic acids is 2. The molecule has 4 rings (SSSR count). The number of benzene rings is 2. The van der Waals surface area contributed by atoms with Gasteiger partial charge in [-0.2, -0.15) is 5.10 Å². The SMILES string of the molecule is [C-]#[N+]c1c(C(F)F)nn(CC(=O)C[C@@H](Cc2cc(F)cc(F)c2)c2ncccc2-c2ccc(N(C)C)c(C(N)=O)c2)c1C. The molecule has 222 valence electrons. The molecule has 8 nitrogen and oxygen atoms in total. The van der Waals surface area contributed by atoms with Gasteiger partial charge in [-0.15, -0.1) is 0 Å². The first-order valence-corrected chi connectivity index (χ1v) is 13.2. The largest absolute Gasteiger partial charge is 0.377 e. The predicted molar refractivity (Wildman–Crippen MR) is 153 cm³/mol. The van der Waals surface area contributed by atoms with Crippen LogP contribution in [0.2, 0.25) is 0 Å². The average molecular weight is 593 g/mol. The third-order valence-electron chi connectivity index (χ3n) is 7.00. The second kappa shape index (κ2) is 12.9. The van der Waals surface area contributed by atoms with Gasteiger partial charge < -0.3 is 10.6 Å². The molecule has 1 atom stereocenters. The Labute approximate surface area is 245 Å². The van der Waals surface area contributed by atoms with Crippen molar-refractivity contribution >= 4 is 23.1 Å². The van der Waals surface area contributed by atoms with E-state index in [4.69, 9.17) is 12.3 Å². The monoisotopic (exact) mass is 592 g/mol. The lowest BCUT2D eigenvalue weighted by Gasteiger charge is -2.21. The fraction of sp³-hybridized carbons (Fsp3) is 0.258. The zero-order chi connectivity index (χ0) is 31.4. The van der Waals surface area contributed by atoms with Crippen molar-refractivity contribution in [2.45, 2.75) is 38.7 Å². The first kappa shape index (κ1) is 30.9. The summed E-state index contributed by atoms with van der Waals surface area (Å²) in [5, 5.41) is 3.79. The minimum absolute atomic E-state index is 0.0105. The van der Waals surface area contributed by atoms with Crippen LogP contribution in [0.4, 0.5) is 28.9 Å². The molecule has 12 heteroatoms. The Morgan fingerprint density at radius 1 is 1.07 bits per heavy atom. The van der Waals surface area contributed by atoms with Gasteiger partial charge in [0.15, 0.2) is 5.78 Å². The van der Waals surface area contributed by atoms with Crippen LogP contribution < -0.4 is 10.6 Å². The van der Waals surface area contributed by atoms with E-state index in [0.717, 1.165) is 22.9 Å². The number of amides is 1. The molecule has 2 aromatic carbocycles. The van der Waals surface area contributed by atoms with Crippen molar-refractivity contribution in [2.24, 2.45) is 5.73 Å². The van der Waals surface area contributed by atoms with E-state index in [0.29, 0.717) is 22.5 Å². The summed E-state index contributed by atoms with van der Waals surface area (Å²) in [5.74, 6) is -3.37. The number of rotatable bonds is 11. The average Bonchev–Trinajstić information content (AvgIpc) is 3.26. The minimum Gasteiger partial charge on any atom is -0.377 e. The number of anilines is 1. The quantitative estimate of drug-likeness (QED) is 0.166. The molecular weight excluding hydrogens is 564 g/mol.